The predicted molar refractivity (Wildman–Crippen MR) is 85.2 cm³/mol. The van der Waals surface area contributed by atoms with E-state index in [0.29, 0.717) is 21.2 Å². The molecule has 0 unspecified atom stereocenters. The molecule has 0 radical (unpaired) electrons. The molecular formula is C13H13ClN2O4S2. The molecule has 9 heteroatoms. The number of aromatic nitrogens is 1. The average Bonchev–Trinajstić information content (AvgIpc) is 2.71. The molecular weight excluding hydrogens is 348 g/mol. The van der Waals surface area contributed by atoms with Crippen molar-refractivity contribution in [3.05, 3.63) is 39.4 Å². The van der Waals surface area contributed by atoms with Crippen molar-refractivity contribution in [2.75, 3.05) is 4.72 Å². The van der Waals surface area contributed by atoms with Gasteiger partial charge in [-0.25, -0.2) is 13.4 Å². The molecule has 0 saturated heterocycles. The summed E-state index contributed by atoms with van der Waals surface area (Å²) in [5.41, 5.74) is 0.786. The van der Waals surface area contributed by atoms with Crippen molar-refractivity contribution >= 4 is 44.1 Å². The van der Waals surface area contributed by atoms with Gasteiger partial charge in [-0.05, 0) is 31.5 Å². The van der Waals surface area contributed by atoms with Crippen molar-refractivity contribution in [1.29, 1.82) is 0 Å². The van der Waals surface area contributed by atoms with Crippen LogP contribution in [0.2, 0.25) is 5.02 Å². The minimum Gasteiger partial charge on any atom is -0.481 e. The van der Waals surface area contributed by atoms with E-state index in [-0.39, 0.29) is 16.4 Å². The van der Waals surface area contributed by atoms with E-state index in [1.54, 1.807) is 26.0 Å². The lowest BCUT2D eigenvalue weighted by molar-refractivity contribution is -0.136. The van der Waals surface area contributed by atoms with Crippen LogP contribution in [0.25, 0.3) is 0 Å². The molecule has 0 saturated carbocycles. The Balaban J connectivity index is 2.33. The zero-order valence-electron chi connectivity index (χ0n) is 11.8. The van der Waals surface area contributed by atoms with E-state index in [2.05, 4.69) is 9.71 Å². The second-order valence-corrected chi connectivity index (χ2v) is 7.82. The highest BCUT2D eigenvalue weighted by Crippen LogP contribution is 2.28. The summed E-state index contributed by atoms with van der Waals surface area (Å²) in [6.45, 7) is 3.30. The summed E-state index contributed by atoms with van der Waals surface area (Å²) < 4.78 is 27.2. The third-order valence-corrected chi connectivity index (χ3v) is 5.89. The van der Waals surface area contributed by atoms with Gasteiger partial charge in [-0.3, -0.25) is 9.52 Å². The largest absolute Gasteiger partial charge is 0.481 e. The molecule has 0 aliphatic rings. The number of carbonyl (C=O) groups is 1. The second kappa shape index (κ2) is 6.23. The number of rotatable bonds is 5. The number of hydrogen-bond acceptors (Lipinski definition) is 5. The maximum atomic E-state index is 12.4. The van der Waals surface area contributed by atoms with Crippen LogP contribution in [0.1, 0.15) is 16.1 Å². The summed E-state index contributed by atoms with van der Waals surface area (Å²) >= 11 is 7.03. The Labute approximate surface area is 136 Å². The Morgan fingerprint density at radius 1 is 1.41 bits per heavy atom. The Morgan fingerprint density at radius 2 is 2.09 bits per heavy atom. The molecule has 0 spiro atoms. The second-order valence-electron chi connectivity index (χ2n) is 4.56. The van der Waals surface area contributed by atoms with Crippen LogP contribution in [0.4, 0.5) is 5.13 Å². The van der Waals surface area contributed by atoms with Crippen LogP contribution in [-0.4, -0.2) is 24.5 Å². The van der Waals surface area contributed by atoms with Gasteiger partial charge in [0.05, 0.1) is 17.0 Å². The molecule has 1 heterocycles. The number of carboxylic acid groups (broad SMARTS) is 1. The number of nitrogens with zero attached hydrogens (tertiary/aromatic N) is 1. The molecule has 1 aromatic heterocycles. The molecule has 1 aromatic carbocycles. The van der Waals surface area contributed by atoms with Gasteiger partial charge >= 0.3 is 5.97 Å². The zero-order chi connectivity index (χ0) is 16.5. The number of nitrogens with one attached hydrogen (secondary N) is 1. The lowest BCUT2D eigenvalue weighted by atomic mass is 10.2. The first-order valence-electron chi connectivity index (χ1n) is 6.16. The molecule has 2 rings (SSSR count). The van der Waals surface area contributed by atoms with Crippen molar-refractivity contribution in [3.8, 4) is 0 Å². The first-order chi connectivity index (χ1) is 10.2. The van der Waals surface area contributed by atoms with Crippen LogP contribution in [0.15, 0.2) is 23.1 Å². The topological polar surface area (TPSA) is 96.4 Å². The Kier molecular flexibility index (Phi) is 4.74. The van der Waals surface area contributed by atoms with Gasteiger partial charge in [0.15, 0.2) is 5.13 Å². The van der Waals surface area contributed by atoms with Crippen LogP contribution in [0, 0.1) is 13.8 Å². The fourth-order valence-corrected chi connectivity index (χ4v) is 4.39. The van der Waals surface area contributed by atoms with E-state index < -0.39 is 16.0 Å². The first-order valence-corrected chi connectivity index (χ1v) is 8.84. The number of anilines is 1. The SMILES string of the molecule is Cc1sc(NS(=O)(=O)c2cccc(Cl)c2C)nc1CC(=O)O. The number of benzene rings is 1. The van der Waals surface area contributed by atoms with Crippen LogP contribution >= 0.6 is 22.9 Å². The van der Waals surface area contributed by atoms with E-state index in [4.69, 9.17) is 16.7 Å². The Morgan fingerprint density at radius 3 is 2.73 bits per heavy atom. The van der Waals surface area contributed by atoms with Crippen LogP contribution < -0.4 is 4.72 Å². The Hall–Kier alpha value is -1.64. The van der Waals surface area contributed by atoms with E-state index in [1.165, 1.54) is 6.07 Å². The molecule has 0 atom stereocenters. The van der Waals surface area contributed by atoms with Gasteiger partial charge in [-0.15, -0.1) is 11.3 Å². The lowest BCUT2D eigenvalue weighted by Crippen LogP contribution is -2.14. The van der Waals surface area contributed by atoms with Crippen molar-refractivity contribution in [2.45, 2.75) is 25.2 Å². The summed E-state index contributed by atoms with van der Waals surface area (Å²) in [5.74, 6) is -1.02. The number of aryl methyl sites for hydroxylation is 1. The standard InChI is InChI=1S/C13H13ClN2O4S2/c1-7-9(14)4-3-5-11(7)22(19,20)16-13-15-10(6-12(17)18)8(2)21-13/h3-5H,6H2,1-2H3,(H,15,16)(H,17,18). The van der Waals surface area contributed by atoms with E-state index in [0.717, 1.165) is 11.3 Å². The maximum absolute atomic E-state index is 12.4. The number of thiazole rings is 1. The molecule has 6 nitrogen and oxygen atoms in total. The summed E-state index contributed by atoms with van der Waals surface area (Å²) in [4.78, 5) is 15.5. The number of halogens is 1. The fraction of sp³-hybridized carbons (Fsp3) is 0.231. The molecule has 118 valence electrons. The van der Waals surface area contributed by atoms with Gasteiger partial charge in [0.2, 0.25) is 0 Å². The number of hydrogen-bond donors (Lipinski definition) is 2. The highest BCUT2D eigenvalue weighted by atomic mass is 35.5. The third kappa shape index (κ3) is 3.57. The highest BCUT2D eigenvalue weighted by Gasteiger charge is 2.21. The van der Waals surface area contributed by atoms with Crippen LogP contribution in [0.5, 0.6) is 0 Å². The van der Waals surface area contributed by atoms with Crippen LogP contribution in [-0.2, 0) is 21.2 Å². The molecule has 2 aromatic rings. The summed E-state index contributed by atoms with van der Waals surface area (Å²) in [7, 11) is -3.83. The fourth-order valence-electron chi connectivity index (χ4n) is 1.83. The zero-order valence-corrected chi connectivity index (χ0v) is 14.1. The molecule has 0 bridgehead atoms. The maximum Gasteiger partial charge on any atom is 0.309 e. The normalized spacial score (nSPS) is 11.4. The van der Waals surface area contributed by atoms with Crippen molar-refractivity contribution < 1.29 is 18.3 Å². The smallest absolute Gasteiger partial charge is 0.309 e. The van der Waals surface area contributed by atoms with Gasteiger partial charge in [-0.1, -0.05) is 17.7 Å². The minimum atomic E-state index is -3.83. The lowest BCUT2D eigenvalue weighted by Gasteiger charge is -2.09. The third-order valence-electron chi connectivity index (χ3n) is 2.94. The number of sulfonamides is 1. The van der Waals surface area contributed by atoms with Gasteiger partial charge in [0, 0.05) is 9.90 Å². The van der Waals surface area contributed by atoms with Crippen molar-refractivity contribution in [3.63, 3.8) is 0 Å². The minimum absolute atomic E-state index is 0.0626. The number of carboxylic acids is 1. The van der Waals surface area contributed by atoms with Gasteiger partial charge in [0.1, 0.15) is 0 Å². The molecule has 0 aliphatic carbocycles. The molecule has 22 heavy (non-hydrogen) atoms. The summed E-state index contributed by atoms with van der Waals surface area (Å²) in [6, 6.07) is 4.60. The number of aliphatic carboxylic acids is 1. The Bertz CT molecular complexity index is 831. The molecule has 0 amide bonds. The first kappa shape index (κ1) is 16.7. The quantitative estimate of drug-likeness (QED) is 0.854. The van der Waals surface area contributed by atoms with E-state index >= 15 is 0 Å². The molecule has 0 aliphatic heterocycles. The molecule has 0 fully saturated rings. The van der Waals surface area contributed by atoms with Gasteiger partial charge in [-0.2, -0.15) is 0 Å². The molecule has 2 N–H and O–H groups in total. The van der Waals surface area contributed by atoms with Gasteiger partial charge in [0.25, 0.3) is 10.0 Å². The van der Waals surface area contributed by atoms with Crippen molar-refractivity contribution in [2.24, 2.45) is 0 Å². The predicted octanol–water partition coefficient (Wildman–Crippen LogP) is 2.84. The monoisotopic (exact) mass is 360 g/mol. The summed E-state index contributed by atoms with van der Waals surface area (Å²) in [6.07, 6.45) is -0.250. The van der Waals surface area contributed by atoms with Crippen molar-refractivity contribution in [1.82, 2.24) is 4.98 Å². The summed E-state index contributed by atoms with van der Waals surface area (Å²) in [5, 5.41) is 9.27. The average molecular weight is 361 g/mol. The highest BCUT2D eigenvalue weighted by molar-refractivity contribution is 7.93. The van der Waals surface area contributed by atoms with E-state index in [9.17, 15) is 13.2 Å². The van der Waals surface area contributed by atoms with Crippen LogP contribution in [0.3, 0.4) is 0 Å². The van der Waals surface area contributed by atoms with E-state index in [1.807, 2.05) is 0 Å². The van der Waals surface area contributed by atoms with Gasteiger partial charge < -0.3 is 5.11 Å².